The van der Waals surface area contributed by atoms with Crippen LogP contribution < -0.4 is 4.74 Å². The fraction of sp³-hybridized carbons (Fsp3) is 0.294. The Morgan fingerprint density at radius 3 is 3.04 bits per heavy atom. The van der Waals surface area contributed by atoms with Crippen LogP contribution in [-0.2, 0) is 32.3 Å². The predicted molar refractivity (Wildman–Crippen MR) is 96.9 cm³/mol. The molecule has 1 atom stereocenters. The van der Waals surface area contributed by atoms with Crippen LogP contribution in [0.4, 0.5) is 0 Å². The van der Waals surface area contributed by atoms with Gasteiger partial charge in [0.15, 0.2) is 6.79 Å². The normalized spacial score (nSPS) is 18.5. The van der Waals surface area contributed by atoms with Crippen molar-refractivity contribution >= 4 is 46.2 Å². The van der Waals surface area contributed by atoms with Gasteiger partial charge in [0.1, 0.15) is 18.1 Å². The lowest BCUT2D eigenvalue weighted by Crippen LogP contribution is -2.23. The first kappa shape index (κ1) is 17.6. The van der Waals surface area contributed by atoms with E-state index in [0.29, 0.717) is 39.4 Å². The number of benzene rings is 1. The van der Waals surface area contributed by atoms with Crippen LogP contribution >= 0.6 is 34.5 Å². The van der Waals surface area contributed by atoms with Crippen LogP contribution in [0.3, 0.4) is 0 Å². The summed E-state index contributed by atoms with van der Waals surface area (Å²) in [4.78, 5) is 18.4. The Labute approximate surface area is 163 Å². The Morgan fingerprint density at radius 2 is 2.23 bits per heavy atom. The number of thiophene rings is 1. The van der Waals surface area contributed by atoms with Crippen molar-refractivity contribution in [2.45, 2.75) is 25.7 Å². The van der Waals surface area contributed by atoms with Gasteiger partial charge < -0.3 is 19.0 Å². The van der Waals surface area contributed by atoms with Gasteiger partial charge in [-0.3, -0.25) is 0 Å². The number of halogens is 2. The molecule has 2 aliphatic rings. The molecule has 0 radical (unpaired) electrons. The standard InChI is InChI=1S/C17H13Cl2NO5S/c18-11-3-9-6-22-8-24-16(9)10(4-11)7-23-17(21)13-5-12(20-25-13)14-1-2-15(19)26-14/h1-4,13H,5-8H2/t13-/m0/s1. The van der Waals surface area contributed by atoms with Crippen LogP contribution in [0.2, 0.25) is 9.36 Å². The number of rotatable bonds is 4. The van der Waals surface area contributed by atoms with E-state index in [9.17, 15) is 4.79 Å². The number of oxime groups is 1. The molecule has 0 aliphatic carbocycles. The Morgan fingerprint density at radius 1 is 1.35 bits per heavy atom. The molecule has 0 fully saturated rings. The number of hydrogen-bond acceptors (Lipinski definition) is 7. The summed E-state index contributed by atoms with van der Waals surface area (Å²) in [5.74, 6) is 0.151. The van der Waals surface area contributed by atoms with Crippen molar-refractivity contribution in [3.05, 3.63) is 49.6 Å². The van der Waals surface area contributed by atoms with E-state index in [-0.39, 0.29) is 13.4 Å². The first-order chi connectivity index (χ1) is 12.6. The third-order valence-electron chi connectivity index (χ3n) is 3.91. The summed E-state index contributed by atoms with van der Waals surface area (Å²) in [6.07, 6.45) is -0.432. The maximum Gasteiger partial charge on any atom is 0.350 e. The van der Waals surface area contributed by atoms with E-state index >= 15 is 0 Å². The van der Waals surface area contributed by atoms with Gasteiger partial charge >= 0.3 is 5.97 Å². The third-order valence-corrected chi connectivity index (χ3v) is 5.41. The quantitative estimate of drug-likeness (QED) is 0.703. The van der Waals surface area contributed by atoms with Gasteiger partial charge in [-0.25, -0.2) is 4.79 Å². The molecule has 2 aliphatic heterocycles. The smallest absolute Gasteiger partial charge is 0.350 e. The molecule has 1 aromatic carbocycles. The second-order valence-corrected chi connectivity index (χ2v) is 7.86. The lowest BCUT2D eigenvalue weighted by Gasteiger charge is -2.21. The number of ether oxygens (including phenoxy) is 3. The molecule has 0 spiro atoms. The summed E-state index contributed by atoms with van der Waals surface area (Å²) in [6.45, 7) is 0.590. The molecule has 26 heavy (non-hydrogen) atoms. The largest absolute Gasteiger partial charge is 0.467 e. The first-order valence-electron chi connectivity index (χ1n) is 7.77. The number of esters is 1. The van der Waals surface area contributed by atoms with Crippen LogP contribution in [0.25, 0.3) is 0 Å². The number of hydrogen-bond donors (Lipinski definition) is 0. The van der Waals surface area contributed by atoms with Crippen LogP contribution in [0.5, 0.6) is 5.75 Å². The van der Waals surface area contributed by atoms with Crippen molar-refractivity contribution in [3.8, 4) is 5.75 Å². The second-order valence-electron chi connectivity index (χ2n) is 5.71. The molecule has 0 saturated carbocycles. The highest BCUT2D eigenvalue weighted by molar-refractivity contribution is 7.18. The van der Waals surface area contributed by atoms with Gasteiger partial charge in [-0.05, 0) is 24.3 Å². The molecule has 0 unspecified atom stereocenters. The van der Waals surface area contributed by atoms with Crippen LogP contribution in [0.15, 0.2) is 29.4 Å². The fourth-order valence-corrected chi connectivity index (χ4v) is 4.02. The zero-order chi connectivity index (χ0) is 18.1. The topological polar surface area (TPSA) is 66.4 Å². The average molecular weight is 414 g/mol. The van der Waals surface area contributed by atoms with Gasteiger partial charge in [0.2, 0.25) is 6.10 Å². The molecule has 0 amide bonds. The van der Waals surface area contributed by atoms with E-state index in [1.807, 2.05) is 6.07 Å². The monoisotopic (exact) mass is 413 g/mol. The molecule has 0 N–H and O–H groups in total. The summed E-state index contributed by atoms with van der Waals surface area (Å²) in [5, 5.41) is 4.50. The maximum absolute atomic E-state index is 12.3. The van der Waals surface area contributed by atoms with Crippen molar-refractivity contribution in [2.24, 2.45) is 5.16 Å². The van der Waals surface area contributed by atoms with E-state index in [1.165, 1.54) is 11.3 Å². The molecule has 0 bridgehead atoms. The highest BCUT2D eigenvalue weighted by atomic mass is 35.5. The molecular weight excluding hydrogens is 401 g/mol. The SMILES string of the molecule is O=C(OCc1cc(Cl)cc2c1OCOC2)[C@@H]1CC(c2ccc(Cl)s2)=NO1. The lowest BCUT2D eigenvalue weighted by molar-refractivity contribution is -0.156. The third kappa shape index (κ3) is 3.66. The number of nitrogens with zero attached hydrogens (tertiary/aromatic N) is 1. The van der Waals surface area contributed by atoms with Gasteiger partial charge in [-0.15, -0.1) is 11.3 Å². The molecular formula is C17H13Cl2NO5S. The second kappa shape index (κ2) is 7.44. The number of fused-ring (bicyclic) bond motifs is 1. The van der Waals surface area contributed by atoms with E-state index in [2.05, 4.69) is 5.16 Å². The van der Waals surface area contributed by atoms with Gasteiger partial charge in [0.05, 0.1) is 15.8 Å². The minimum Gasteiger partial charge on any atom is -0.467 e. The molecule has 1 aromatic heterocycles. The maximum atomic E-state index is 12.3. The van der Waals surface area contributed by atoms with Gasteiger partial charge in [0.25, 0.3) is 0 Å². The zero-order valence-electron chi connectivity index (χ0n) is 13.4. The highest BCUT2D eigenvalue weighted by Crippen LogP contribution is 2.32. The van der Waals surface area contributed by atoms with Crippen molar-refractivity contribution in [1.29, 1.82) is 0 Å². The summed E-state index contributed by atoms with van der Waals surface area (Å²) in [7, 11) is 0. The Kier molecular flexibility index (Phi) is 5.04. The Bertz CT molecular complexity index is 882. The van der Waals surface area contributed by atoms with E-state index in [0.717, 1.165) is 10.4 Å². The first-order valence-corrected chi connectivity index (χ1v) is 9.34. The molecule has 0 saturated heterocycles. The van der Waals surface area contributed by atoms with Gasteiger partial charge in [0, 0.05) is 22.6 Å². The van der Waals surface area contributed by atoms with Crippen molar-refractivity contribution < 1.29 is 23.8 Å². The fourth-order valence-electron chi connectivity index (χ4n) is 2.72. The van der Waals surface area contributed by atoms with E-state index in [1.54, 1.807) is 18.2 Å². The predicted octanol–water partition coefficient (Wildman–Crippen LogP) is 4.16. The minimum absolute atomic E-state index is 0.0295. The molecule has 4 rings (SSSR count). The highest BCUT2D eigenvalue weighted by Gasteiger charge is 2.31. The van der Waals surface area contributed by atoms with Crippen LogP contribution in [0.1, 0.15) is 22.4 Å². The summed E-state index contributed by atoms with van der Waals surface area (Å²) in [5.41, 5.74) is 2.20. The summed E-state index contributed by atoms with van der Waals surface area (Å²) >= 11 is 13.4. The zero-order valence-corrected chi connectivity index (χ0v) is 15.7. The Balaban J connectivity index is 1.39. The molecule has 2 aromatic rings. The van der Waals surface area contributed by atoms with Crippen molar-refractivity contribution in [3.63, 3.8) is 0 Å². The molecule has 9 heteroatoms. The van der Waals surface area contributed by atoms with Crippen molar-refractivity contribution in [1.82, 2.24) is 0 Å². The molecule has 3 heterocycles. The summed E-state index contributed by atoms with van der Waals surface area (Å²) in [6, 6.07) is 7.11. The van der Waals surface area contributed by atoms with E-state index < -0.39 is 12.1 Å². The Hall–Kier alpha value is -1.80. The van der Waals surface area contributed by atoms with Gasteiger partial charge in [-0.2, -0.15) is 0 Å². The van der Waals surface area contributed by atoms with Crippen LogP contribution in [-0.4, -0.2) is 24.6 Å². The molecule has 136 valence electrons. The van der Waals surface area contributed by atoms with Gasteiger partial charge in [-0.1, -0.05) is 28.4 Å². The molecule has 6 nitrogen and oxygen atoms in total. The van der Waals surface area contributed by atoms with E-state index in [4.69, 9.17) is 42.3 Å². The lowest BCUT2D eigenvalue weighted by atomic mass is 10.1. The van der Waals surface area contributed by atoms with Crippen molar-refractivity contribution in [2.75, 3.05) is 6.79 Å². The summed E-state index contributed by atoms with van der Waals surface area (Å²) < 4.78 is 16.8. The number of carbonyl (C=O) groups is 1. The number of carbonyl (C=O) groups excluding carboxylic acids is 1. The average Bonchev–Trinajstić information content (AvgIpc) is 3.28. The minimum atomic E-state index is -0.773. The van der Waals surface area contributed by atoms with Crippen LogP contribution in [0, 0.1) is 0 Å².